The van der Waals surface area contributed by atoms with Crippen LogP contribution in [0.15, 0.2) is 30.3 Å². The van der Waals surface area contributed by atoms with E-state index in [1.165, 1.54) is 0 Å². The van der Waals surface area contributed by atoms with Gasteiger partial charge in [-0.1, -0.05) is 23.7 Å². The summed E-state index contributed by atoms with van der Waals surface area (Å²) >= 11 is 6.05. The first-order chi connectivity index (χ1) is 10.1. The van der Waals surface area contributed by atoms with Crippen LogP contribution in [0.2, 0.25) is 5.02 Å². The van der Waals surface area contributed by atoms with Gasteiger partial charge in [0, 0.05) is 5.69 Å². The zero-order chi connectivity index (χ0) is 14.8. The molecule has 4 nitrogen and oxygen atoms in total. The van der Waals surface area contributed by atoms with Crippen LogP contribution in [-0.2, 0) is 12.8 Å². The summed E-state index contributed by atoms with van der Waals surface area (Å²) in [7, 11) is 0. The third kappa shape index (κ3) is 2.85. The van der Waals surface area contributed by atoms with Crippen molar-refractivity contribution in [1.82, 2.24) is 4.98 Å². The summed E-state index contributed by atoms with van der Waals surface area (Å²) in [4.78, 5) is 15.8. The van der Waals surface area contributed by atoms with Gasteiger partial charge in [0.1, 0.15) is 11.3 Å². The molecule has 0 saturated carbocycles. The third-order valence-electron chi connectivity index (χ3n) is 3.54. The molecule has 1 aromatic heterocycles. The first kappa shape index (κ1) is 13.9. The Morgan fingerprint density at radius 1 is 1.24 bits per heavy atom. The smallest absolute Gasteiger partial charge is 0.341 e. The van der Waals surface area contributed by atoms with Gasteiger partial charge in [-0.3, -0.25) is 0 Å². The number of para-hydroxylation sites is 1. The second-order valence-corrected chi connectivity index (χ2v) is 5.40. The molecule has 0 saturated heterocycles. The number of halogens is 1. The van der Waals surface area contributed by atoms with Crippen molar-refractivity contribution in [3.63, 3.8) is 0 Å². The quantitative estimate of drug-likeness (QED) is 0.927. The van der Waals surface area contributed by atoms with Gasteiger partial charge in [0.25, 0.3) is 0 Å². The van der Waals surface area contributed by atoms with Crippen molar-refractivity contribution in [2.75, 3.05) is 0 Å². The van der Waals surface area contributed by atoms with E-state index in [9.17, 15) is 9.90 Å². The van der Waals surface area contributed by atoms with Gasteiger partial charge >= 0.3 is 5.97 Å². The summed E-state index contributed by atoms with van der Waals surface area (Å²) in [6.07, 6.45) is 3.86. The van der Waals surface area contributed by atoms with Crippen LogP contribution in [0, 0.1) is 0 Å². The Hall–Kier alpha value is -2.07. The minimum absolute atomic E-state index is 0.0792. The van der Waals surface area contributed by atoms with Crippen molar-refractivity contribution < 1.29 is 14.6 Å². The topological polar surface area (TPSA) is 59.4 Å². The van der Waals surface area contributed by atoms with Crippen LogP contribution in [0.5, 0.6) is 11.6 Å². The van der Waals surface area contributed by atoms with Crippen LogP contribution < -0.4 is 4.74 Å². The third-order valence-corrected chi connectivity index (χ3v) is 3.85. The van der Waals surface area contributed by atoms with E-state index in [0.717, 1.165) is 36.9 Å². The lowest BCUT2D eigenvalue weighted by Gasteiger charge is -2.17. The van der Waals surface area contributed by atoms with E-state index < -0.39 is 5.97 Å². The molecule has 0 atom stereocenters. The molecule has 1 N–H and O–H groups in total. The summed E-state index contributed by atoms with van der Waals surface area (Å²) in [5, 5.41) is 9.79. The normalized spacial score (nSPS) is 13.6. The SMILES string of the molecule is O=C(O)c1cc2c(nc1Oc1ccccc1Cl)CCCC2. The minimum atomic E-state index is -1.04. The fourth-order valence-corrected chi connectivity index (χ4v) is 2.65. The van der Waals surface area contributed by atoms with E-state index in [0.29, 0.717) is 10.8 Å². The van der Waals surface area contributed by atoms with Gasteiger partial charge in [-0.15, -0.1) is 0 Å². The lowest BCUT2D eigenvalue weighted by molar-refractivity contribution is 0.0693. The average molecular weight is 304 g/mol. The molecule has 1 aliphatic carbocycles. The van der Waals surface area contributed by atoms with E-state index in [2.05, 4.69) is 4.98 Å². The lowest BCUT2D eigenvalue weighted by atomic mass is 9.95. The first-order valence-corrected chi connectivity index (χ1v) is 7.21. The zero-order valence-electron chi connectivity index (χ0n) is 11.3. The molecule has 0 bridgehead atoms. The standard InChI is InChI=1S/C16H14ClNO3/c17-12-6-2-4-8-14(12)21-15-11(16(19)20)9-10-5-1-3-7-13(10)18-15/h2,4,6,8-9H,1,3,5,7H2,(H,19,20). The summed E-state index contributed by atoms with van der Waals surface area (Å²) < 4.78 is 5.64. The van der Waals surface area contributed by atoms with Gasteiger partial charge < -0.3 is 9.84 Å². The molecular formula is C16H14ClNO3. The van der Waals surface area contributed by atoms with E-state index in [1.54, 1.807) is 30.3 Å². The fraction of sp³-hybridized carbons (Fsp3) is 0.250. The Kier molecular flexibility index (Phi) is 3.80. The molecule has 1 aromatic carbocycles. The maximum Gasteiger partial charge on any atom is 0.341 e. The van der Waals surface area contributed by atoms with Gasteiger partial charge in [-0.25, -0.2) is 9.78 Å². The van der Waals surface area contributed by atoms with Crippen molar-refractivity contribution >= 4 is 17.6 Å². The molecular weight excluding hydrogens is 290 g/mol. The Morgan fingerprint density at radius 2 is 2.00 bits per heavy atom. The van der Waals surface area contributed by atoms with Crippen LogP contribution in [-0.4, -0.2) is 16.1 Å². The van der Waals surface area contributed by atoms with Crippen molar-refractivity contribution in [2.45, 2.75) is 25.7 Å². The van der Waals surface area contributed by atoms with Crippen molar-refractivity contribution in [1.29, 1.82) is 0 Å². The number of pyridine rings is 1. The maximum atomic E-state index is 11.4. The van der Waals surface area contributed by atoms with Gasteiger partial charge in [0.05, 0.1) is 5.02 Å². The highest BCUT2D eigenvalue weighted by Crippen LogP contribution is 2.32. The van der Waals surface area contributed by atoms with Crippen molar-refractivity contribution in [2.24, 2.45) is 0 Å². The molecule has 5 heteroatoms. The summed E-state index contributed by atoms with van der Waals surface area (Å²) in [6, 6.07) is 8.62. The molecule has 1 aliphatic rings. The Bertz CT molecular complexity index is 700. The van der Waals surface area contributed by atoms with Crippen LogP contribution >= 0.6 is 11.6 Å². The highest BCUT2D eigenvalue weighted by Gasteiger charge is 2.20. The van der Waals surface area contributed by atoms with E-state index in [4.69, 9.17) is 16.3 Å². The molecule has 0 unspecified atom stereocenters. The number of rotatable bonds is 3. The van der Waals surface area contributed by atoms with Gasteiger partial charge in [0.15, 0.2) is 0 Å². The number of ether oxygens (including phenoxy) is 1. The molecule has 0 spiro atoms. The van der Waals surface area contributed by atoms with Crippen molar-refractivity contribution in [3.05, 3.63) is 52.2 Å². The molecule has 1 heterocycles. The summed E-state index contributed by atoms with van der Waals surface area (Å²) in [5.41, 5.74) is 2.01. The van der Waals surface area contributed by atoms with Gasteiger partial charge in [0.2, 0.25) is 5.88 Å². The minimum Gasteiger partial charge on any atom is -0.477 e. The Balaban J connectivity index is 2.04. The number of benzene rings is 1. The highest BCUT2D eigenvalue weighted by molar-refractivity contribution is 6.32. The number of nitrogens with zero attached hydrogens (tertiary/aromatic N) is 1. The summed E-state index contributed by atoms with van der Waals surface area (Å²) in [5.74, 6) is -0.529. The van der Waals surface area contributed by atoms with Gasteiger partial charge in [-0.2, -0.15) is 0 Å². The van der Waals surface area contributed by atoms with Crippen LogP contribution in [0.25, 0.3) is 0 Å². The molecule has 3 rings (SSSR count). The van der Waals surface area contributed by atoms with Crippen LogP contribution in [0.4, 0.5) is 0 Å². The molecule has 2 aromatic rings. The van der Waals surface area contributed by atoms with E-state index in [-0.39, 0.29) is 11.4 Å². The first-order valence-electron chi connectivity index (χ1n) is 6.83. The number of fused-ring (bicyclic) bond motifs is 1. The largest absolute Gasteiger partial charge is 0.477 e. The number of carbonyl (C=O) groups is 1. The summed E-state index contributed by atoms with van der Waals surface area (Å²) in [6.45, 7) is 0. The number of aryl methyl sites for hydroxylation is 2. The maximum absolute atomic E-state index is 11.4. The van der Waals surface area contributed by atoms with Crippen LogP contribution in [0.1, 0.15) is 34.5 Å². The predicted molar refractivity (Wildman–Crippen MR) is 79.4 cm³/mol. The molecule has 0 radical (unpaired) electrons. The number of aromatic carboxylic acids is 1. The number of hydrogen-bond acceptors (Lipinski definition) is 3. The Morgan fingerprint density at radius 3 is 2.76 bits per heavy atom. The zero-order valence-corrected chi connectivity index (χ0v) is 12.1. The second-order valence-electron chi connectivity index (χ2n) is 4.99. The monoisotopic (exact) mass is 303 g/mol. The number of hydrogen-bond donors (Lipinski definition) is 1. The molecule has 0 aliphatic heterocycles. The molecule has 0 fully saturated rings. The molecule has 21 heavy (non-hydrogen) atoms. The van der Waals surface area contributed by atoms with Crippen molar-refractivity contribution in [3.8, 4) is 11.6 Å². The fourth-order valence-electron chi connectivity index (χ4n) is 2.48. The van der Waals surface area contributed by atoms with Gasteiger partial charge in [-0.05, 0) is 49.4 Å². The molecule has 0 amide bonds. The van der Waals surface area contributed by atoms with Crippen LogP contribution in [0.3, 0.4) is 0 Å². The van der Waals surface area contributed by atoms with E-state index >= 15 is 0 Å². The predicted octanol–water partition coefficient (Wildman–Crippen LogP) is 4.10. The van der Waals surface area contributed by atoms with E-state index in [1.807, 2.05) is 0 Å². The highest BCUT2D eigenvalue weighted by atomic mass is 35.5. The number of aromatic nitrogens is 1. The number of carboxylic acids is 1. The second kappa shape index (κ2) is 5.74. The number of carboxylic acid groups (broad SMARTS) is 1. The average Bonchev–Trinajstić information content (AvgIpc) is 2.48. The lowest BCUT2D eigenvalue weighted by Crippen LogP contribution is -2.11. The Labute approximate surface area is 127 Å². The molecule has 108 valence electrons.